The molecule has 0 aliphatic rings. The third-order valence-corrected chi connectivity index (χ3v) is 3.17. The van der Waals surface area contributed by atoms with Crippen molar-refractivity contribution in [2.24, 2.45) is 0 Å². The van der Waals surface area contributed by atoms with E-state index in [4.69, 9.17) is 11.6 Å². The lowest BCUT2D eigenvalue weighted by Gasteiger charge is -2.37. The first-order valence-electron chi connectivity index (χ1n) is 5.23. The van der Waals surface area contributed by atoms with Crippen molar-refractivity contribution in [1.82, 2.24) is 0 Å². The summed E-state index contributed by atoms with van der Waals surface area (Å²) in [5.74, 6) is 0.351. The van der Waals surface area contributed by atoms with Crippen LogP contribution in [-0.4, -0.2) is 47.8 Å². The molecule has 80 valence electrons. The molecule has 0 saturated carbocycles. The summed E-state index contributed by atoms with van der Waals surface area (Å²) >= 11 is 5.61. The van der Waals surface area contributed by atoms with Crippen molar-refractivity contribution in [1.29, 1.82) is 0 Å². The Labute approximate surface area is 87.1 Å². The second-order valence-electron chi connectivity index (χ2n) is 3.69. The highest BCUT2D eigenvalue weighted by molar-refractivity contribution is 6.18. The molecule has 1 unspecified atom stereocenters. The van der Waals surface area contributed by atoms with E-state index in [1.807, 2.05) is 0 Å². The molecule has 0 aromatic rings. The van der Waals surface area contributed by atoms with Gasteiger partial charge in [0.1, 0.15) is 12.6 Å². The predicted molar refractivity (Wildman–Crippen MR) is 58.1 cm³/mol. The first-order chi connectivity index (χ1) is 6.14. The van der Waals surface area contributed by atoms with Crippen LogP contribution in [0, 0.1) is 0 Å². The zero-order valence-electron chi connectivity index (χ0n) is 9.09. The van der Waals surface area contributed by atoms with Gasteiger partial charge >= 0.3 is 0 Å². The second kappa shape index (κ2) is 6.63. The van der Waals surface area contributed by atoms with Gasteiger partial charge in [-0.2, -0.15) is 0 Å². The number of aliphatic hydroxyl groups is 1. The minimum atomic E-state index is -0.354. The molecule has 0 radical (unpaired) electrons. The Hall–Kier alpha value is 0.210. The third-order valence-electron chi connectivity index (χ3n) is 2.82. The zero-order valence-corrected chi connectivity index (χ0v) is 9.85. The molecule has 13 heavy (non-hydrogen) atoms. The van der Waals surface area contributed by atoms with E-state index < -0.39 is 0 Å². The maximum Gasteiger partial charge on any atom is 0.116 e. The second-order valence-corrected chi connectivity index (χ2v) is 4.00. The standard InChI is InChI=1S/C10H23ClNO/c1-4-7-12(5-2,6-3)9-10(13)8-11/h10,13H,4-9H2,1-3H3/q+1. The summed E-state index contributed by atoms with van der Waals surface area (Å²) in [4.78, 5) is 0. The fraction of sp³-hybridized carbons (Fsp3) is 1.00. The van der Waals surface area contributed by atoms with E-state index in [9.17, 15) is 5.11 Å². The summed E-state index contributed by atoms with van der Waals surface area (Å²) in [6, 6.07) is 0. The fourth-order valence-corrected chi connectivity index (χ4v) is 1.96. The summed E-state index contributed by atoms with van der Waals surface area (Å²) in [7, 11) is 0. The molecule has 0 aliphatic heterocycles. The van der Waals surface area contributed by atoms with Gasteiger partial charge in [-0.25, -0.2) is 0 Å². The van der Waals surface area contributed by atoms with Crippen LogP contribution in [0.4, 0.5) is 0 Å². The molecule has 0 aliphatic carbocycles. The van der Waals surface area contributed by atoms with Gasteiger partial charge in [0, 0.05) is 0 Å². The molecule has 1 atom stereocenters. The van der Waals surface area contributed by atoms with Crippen molar-refractivity contribution in [3.8, 4) is 0 Å². The topological polar surface area (TPSA) is 20.2 Å². The maximum atomic E-state index is 9.53. The third kappa shape index (κ3) is 4.30. The minimum Gasteiger partial charge on any atom is -0.386 e. The summed E-state index contributed by atoms with van der Waals surface area (Å²) in [5, 5.41) is 9.53. The average Bonchev–Trinajstić information content (AvgIpc) is 2.17. The summed E-state index contributed by atoms with van der Waals surface area (Å²) in [5.41, 5.74) is 0. The summed E-state index contributed by atoms with van der Waals surface area (Å²) in [6.07, 6.45) is 0.810. The monoisotopic (exact) mass is 208 g/mol. The number of halogens is 1. The maximum absolute atomic E-state index is 9.53. The smallest absolute Gasteiger partial charge is 0.116 e. The Morgan fingerprint density at radius 3 is 2.08 bits per heavy atom. The van der Waals surface area contributed by atoms with Crippen LogP contribution in [-0.2, 0) is 0 Å². The first-order valence-corrected chi connectivity index (χ1v) is 5.76. The lowest BCUT2D eigenvalue weighted by Crippen LogP contribution is -2.52. The lowest BCUT2D eigenvalue weighted by atomic mass is 10.2. The van der Waals surface area contributed by atoms with E-state index in [0.29, 0.717) is 5.88 Å². The molecule has 0 fully saturated rings. The minimum absolute atomic E-state index is 0.351. The quantitative estimate of drug-likeness (QED) is 0.500. The SMILES string of the molecule is CCC[N+](CC)(CC)CC(O)CCl. The van der Waals surface area contributed by atoms with Crippen molar-refractivity contribution in [2.75, 3.05) is 32.1 Å². The molecule has 0 bridgehead atoms. The van der Waals surface area contributed by atoms with Crippen LogP contribution in [0.5, 0.6) is 0 Å². The van der Waals surface area contributed by atoms with Crippen molar-refractivity contribution in [3.63, 3.8) is 0 Å². The Balaban J connectivity index is 4.19. The van der Waals surface area contributed by atoms with Crippen LogP contribution in [0.2, 0.25) is 0 Å². The Kier molecular flexibility index (Phi) is 6.74. The van der Waals surface area contributed by atoms with Gasteiger partial charge in [0.05, 0.1) is 25.5 Å². The van der Waals surface area contributed by atoms with Crippen LogP contribution in [0.15, 0.2) is 0 Å². The highest BCUT2D eigenvalue weighted by Gasteiger charge is 2.25. The Bertz CT molecular complexity index is 126. The van der Waals surface area contributed by atoms with Crippen LogP contribution >= 0.6 is 11.6 Å². The van der Waals surface area contributed by atoms with E-state index in [0.717, 1.165) is 37.1 Å². The van der Waals surface area contributed by atoms with Gasteiger partial charge in [0.15, 0.2) is 0 Å². The summed E-state index contributed by atoms with van der Waals surface area (Å²) in [6.45, 7) is 10.6. The van der Waals surface area contributed by atoms with E-state index in [-0.39, 0.29) is 6.10 Å². The average molecular weight is 209 g/mol. The van der Waals surface area contributed by atoms with Crippen LogP contribution in [0.3, 0.4) is 0 Å². The van der Waals surface area contributed by atoms with Gasteiger partial charge in [0.2, 0.25) is 0 Å². The molecule has 0 aromatic heterocycles. The number of nitrogens with zero attached hydrogens (tertiary/aromatic N) is 1. The van der Waals surface area contributed by atoms with Crippen LogP contribution in [0.25, 0.3) is 0 Å². The molecule has 3 heteroatoms. The van der Waals surface area contributed by atoms with Gasteiger partial charge in [-0.3, -0.25) is 0 Å². The molecule has 0 amide bonds. The van der Waals surface area contributed by atoms with E-state index in [2.05, 4.69) is 20.8 Å². The van der Waals surface area contributed by atoms with Crippen molar-refractivity contribution in [2.45, 2.75) is 33.3 Å². The van der Waals surface area contributed by atoms with Crippen LogP contribution in [0.1, 0.15) is 27.2 Å². The number of alkyl halides is 1. The zero-order chi connectivity index (χ0) is 10.3. The highest BCUT2D eigenvalue weighted by atomic mass is 35.5. The number of quaternary nitrogens is 1. The number of hydrogen-bond acceptors (Lipinski definition) is 1. The molecule has 0 heterocycles. The molecule has 2 nitrogen and oxygen atoms in total. The number of likely N-dealkylation sites (N-methyl/N-ethyl adjacent to an activating group) is 1. The number of hydrogen-bond donors (Lipinski definition) is 1. The largest absolute Gasteiger partial charge is 0.386 e. The molecular formula is C10H23ClNO+. The molecular weight excluding hydrogens is 186 g/mol. The normalized spacial score (nSPS) is 14.5. The predicted octanol–water partition coefficient (Wildman–Crippen LogP) is 1.85. The molecule has 0 spiro atoms. The molecule has 0 rings (SSSR count). The first kappa shape index (κ1) is 13.2. The Morgan fingerprint density at radius 1 is 1.23 bits per heavy atom. The number of rotatable bonds is 7. The van der Waals surface area contributed by atoms with Gasteiger partial charge in [0.25, 0.3) is 0 Å². The van der Waals surface area contributed by atoms with Gasteiger partial charge in [-0.05, 0) is 20.3 Å². The van der Waals surface area contributed by atoms with Crippen molar-refractivity contribution < 1.29 is 9.59 Å². The highest BCUT2D eigenvalue weighted by Crippen LogP contribution is 2.10. The van der Waals surface area contributed by atoms with E-state index in [1.165, 1.54) is 0 Å². The van der Waals surface area contributed by atoms with Crippen LogP contribution < -0.4 is 0 Å². The molecule has 0 saturated heterocycles. The van der Waals surface area contributed by atoms with Gasteiger partial charge < -0.3 is 9.59 Å². The lowest BCUT2D eigenvalue weighted by molar-refractivity contribution is -0.927. The summed E-state index contributed by atoms with van der Waals surface area (Å²) < 4.78 is 0.990. The fourth-order valence-electron chi connectivity index (χ4n) is 1.86. The molecule has 1 N–H and O–H groups in total. The number of aliphatic hydroxyl groups excluding tert-OH is 1. The van der Waals surface area contributed by atoms with Crippen molar-refractivity contribution >= 4 is 11.6 Å². The molecule has 0 aromatic carbocycles. The van der Waals surface area contributed by atoms with E-state index in [1.54, 1.807) is 0 Å². The Morgan fingerprint density at radius 2 is 1.77 bits per heavy atom. The van der Waals surface area contributed by atoms with Crippen molar-refractivity contribution in [3.05, 3.63) is 0 Å². The van der Waals surface area contributed by atoms with Gasteiger partial charge in [-0.15, -0.1) is 11.6 Å². The van der Waals surface area contributed by atoms with Gasteiger partial charge in [-0.1, -0.05) is 6.92 Å². The van der Waals surface area contributed by atoms with E-state index >= 15 is 0 Å².